The number of benzene rings is 2. The van der Waals surface area contributed by atoms with Crippen LogP contribution in [-0.2, 0) is 27.2 Å². The Morgan fingerprint density at radius 1 is 1.13 bits per heavy atom. The van der Waals surface area contributed by atoms with Crippen LogP contribution in [0, 0.1) is 6.92 Å². The Bertz CT molecular complexity index is 889. The Hall–Kier alpha value is -3.02. The molecule has 0 radical (unpaired) electrons. The van der Waals surface area contributed by atoms with Gasteiger partial charge in [-0.1, -0.05) is 42.0 Å². The number of ether oxygens (including phenoxy) is 3. The molecule has 0 saturated heterocycles. The minimum Gasteiger partial charge on any atom is -0.483 e. The van der Waals surface area contributed by atoms with E-state index in [1.165, 1.54) is 5.56 Å². The second-order valence-electron chi connectivity index (χ2n) is 8.13. The van der Waals surface area contributed by atoms with E-state index in [4.69, 9.17) is 14.2 Å². The maximum absolute atomic E-state index is 11.9. The van der Waals surface area contributed by atoms with Gasteiger partial charge in [0.25, 0.3) is 0 Å². The molecule has 6 heteroatoms. The molecule has 160 valence electrons. The highest BCUT2D eigenvalue weighted by atomic mass is 16.6. The first-order chi connectivity index (χ1) is 14.3. The van der Waals surface area contributed by atoms with Crippen molar-refractivity contribution in [3.05, 3.63) is 59.2 Å². The van der Waals surface area contributed by atoms with E-state index < -0.39 is 5.97 Å². The number of aryl methyl sites for hydroxylation is 2. The molecule has 1 aliphatic rings. The maximum Gasteiger partial charge on any atom is 0.344 e. The SMILES string of the molecule is Cc1ccc(CCC(=O)NCCOC(=O)COc2cccc3c2OC(C)(C)C3)cc1. The van der Waals surface area contributed by atoms with E-state index in [9.17, 15) is 9.59 Å². The molecule has 1 N–H and O–H groups in total. The zero-order valence-corrected chi connectivity index (χ0v) is 17.8. The molecule has 2 aromatic carbocycles. The zero-order valence-electron chi connectivity index (χ0n) is 17.8. The summed E-state index contributed by atoms with van der Waals surface area (Å²) in [6.07, 6.45) is 1.88. The summed E-state index contributed by atoms with van der Waals surface area (Å²) in [5.41, 5.74) is 3.11. The third-order valence-electron chi connectivity index (χ3n) is 4.85. The monoisotopic (exact) mass is 411 g/mol. The molecular weight excluding hydrogens is 382 g/mol. The van der Waals surface area contributed by atoms with Crippen LogP contribution < -0.4 is 14.8 Å². The van der Waals surface area contributed by atoms with Gasteiger partial charge in [0, 0.05) is 18.4 Å². The van der Waals surface area contributed by atoms with E-state index in [1.54, 1.807) is 6.07 Å². The van der Waals surface area contributed by atoms with E-state index in [1.807, 2.05) is 57.2 Å². The number of hydrogen-bond acceptors (Lipinski definition) is 5. The number of amides is 1. The summed E-state index contributed by atoms with van der Waals surface area (Å²) in [5, 5.41) is 2.76. The second-order valence-corrected chi connectivity index (χ2v) is 8.13. The van der Waals surface area contributed by atoms with Gasteiger partial charge < -0.3 is 19.5 Å². The smallest absolute Gasteiger partial charge is 0.344 e. The number of fused-ring (bicyclic) bond motifs is 1. The Morgan fingerprint density at radius 2 is 1.90 bits per heavy atom. The first-order valence-corrected chi connectivity index (χ1v) is 10.2. The second kappa shape index (κ2) is 9.65. The number of esters is 1. The van der Waals surface area contributed by atoms with Gasteiger partial charge in [0.15, 0.2) is 18.1 Å². The van der Waals surface area contributed by atoms with Crippen molar-refractivity contribution in [2.45, 2.75) is 45.6 Å². The fourth-order valence-electron chi connectivity index (χ4n) is 3.34. The number of rotatable bonds is 9. The molecule has 0 atom stereocenters. The molecule has 0 bridgehead atoms. The van der Waals surface area contributed by atoms with Crippen LogP contribution in [0.15, 0.2) is 42.5 Å². The molecule has 2 aromatic rings. The minimum absolute atomic E-state index is 0.0671. The van der Waals surface area contributed by atoms with Gasteiger partial charge in [-0.15, -0.1) is 0 Å². The first kappa shape index (κ1) is 21.7. The highest BCUT2D eigenvalue weighted by Gasteiger charge is 2.32. The summed E-state index contributed by atoms with van der Waals surface area (Å²) in [7, 11) is 0. The average Bonchev–Trinajstić information content (AvgIpc) is 3.03. The molecule has 0 saturated carbocycles. The van der Waals surface area contributed by atoms with Gasteiger partial charge in [-0.2, -0.15) is 0 Å². The van der Waals surface area contributed by atoms with Gasteiger partial charge >= 0.3 is 5.97 Å². The van der Waals surface area contributed by atoms with Crippen LogP contribution in [0.5, 0.6) is 11.5 Å². The molecule has 6 nitrogen and oxygen atoms in total. The van der Waals surface area contributed by atoms with Crippen molar-refractivity contribution in [2.24, 2.45) is 0 Å². The van der Waals surface area contributed by atoms with E-state index >= 15 is 0 Å². The van der Waals surface area contributed by atoms with Crippen LogP contribution in [0.3, 0.4) is 0 Å². The third kappa shape index (κ3) is 6.24. The van der Waals surface area contributed by atoms with E-state index in [2.05, 4.69) is 5.32 Å². The summed E-state index contributed by atoms with van der Waals surface area (Å²) < 4.78 is 16.6. The van der Waals surface area contributed by atoms with Crippen molar-refractivity contribution >= 4 is 11.9 Å². The summed E-state index contributed by atoms with van der Waals surface area (Å²) in [6, 6.07) is 13.8. The van der Waals surface area contributed by atoms with Gasteiger partial charge in [0.2, 0.25) is 5.91 Å². The van der Waals surface area contributed by atoms with Gasteiger partial charge in [-0.05, 0) is 38.8 Å². The number of carbonyl (C=O) groups excluding carboxylic acids is 2. The Labute approximate surface area is 177 Å². The summed E-state index contributed by atoms with van der Waals surface area (Å²) in [4.78, 5) is 23.8. The molecule has 1 amide bonds. The minimum atomic E-state index is -0.487. The van der Waals surface area contributed by atoms with Crippen LogP contribution in [0.25, 0.3) is 0 Å². The van der Waals surface area contributed by atoms with Crippen LogP contribution in [0.1, 0.15) is 37.0 Å². The lowest BCUT2D eigenvalue weighted by atomic mass is 10.0. The van der Waals surface area contributed by atoms with Gasteiger partial charge in [0.1, 0.15) is 12.2 Å². The lowest BCUT2D eigenvalue weighted by Gasteiger charge is -2.18. The number of para-hydroxylation sites is 1. The Kier molecular flexibility index (Phi) is 6.98. The molecule has 0 spiro atoms. The number of hydrogen-bond donors (Lipinski definition) is 1. The van der Waals surface area contributed by atoms with Crippen LogP contribution in [0.4, 0.5) is 0 Å². The largest absolute Gasteiger partial charge is 0.483 e. The maximum atomic E-state index is 11.9. The van der Waals surface area contributed by atoms with Crippen molar-refractivity contribution < 1.29 is 23.8 Å². The summed E-state index contributed by atoms with van der Waals surface area (Å²) >= 11 is 0. The highest BCUT2D eigenvalue weighted by Crippen LogP contribution is 2.41. The van der Waals surface area contributed by atoms with Crippen LogP contribution in [0.2, 0.25) is 0 Å². The zero-order chi connectivity index (χ0) is 21.6. The normalized spacial score (nSPS) is 13.8. The van der Waals surface area contributed by atoms with E-state index in [0.29, 0.717) is 24.3 Å². The Morgan fingerprint density at radius 3 is 2.67 bits per heavy atom. The van der Waals surface area contributed by atoms with Crippen LogP contribution in [-0.4, -0.2) is 37.2 Å². The Balaban J connectivity index is 1.32. The van der Waals surface area contributed by atoms with Crippen molar-refractivity contribution in [3.63, 3.8) is 0 Å². The lowest BCUT2D eigenvalue weighted by Crippen LogP contribution is -2.29. The molecule has 1 aliphatic heterocycles. The molecule has 0 aliphatic carbocycles. The molecule has 3 rings (SSSR count). The number of carbonyl (C=O) groups is 2. The first-order valence-electron chi connectivity index (χ1n) is 10.2. The fourth-order valence-corrected chi connectivity index (χ4v) is 3.34. The standard InChI is InChI=1S/C24H29NO5/c1-17-7-9-18(10-8-17)11-12-21(26)25-13-14-28-22(27)16-29-20-6-4-5-19-15-24(2,3)30-23(19)20/h4-10H,11-16H2,1-3H3,(H,25,26). The van der Waals surface area contributed by atoms with E-state index in [0.717, 1.165) is 17.5 Å². The van der Waals surface area contributed by atoms with Crippen molar-refractivity contribution in [1.82, 2.24) is 5.32 Å². The van der Waals surface area contributed by atoms with Gasteiger partial charge in [-0.25, -0.2) is 4.79 Å². The van der Waals surface area contributed by atoms with Gasteiger partial charge in [-0.3, -0.25) is 4.79 Å². The quantitative estimate of drug-likeness (QED) is 0.506. The lowest BCUT2D eigenvalue weighted by molar-refractivity contribution is -0.146. The third-order valence-corrected chi connectivity index (χ3v) is 4.85. The number of nitrogens with one attached hydrogen (secondary N) is 1. The summed E-state index contributed by atoms with van der Waals surface area (Å²) in [6.45, 7) is 6.23. The van der Waals surface area contributed by atoms with Crippen molar-refractivity contribution in [1.29, 1.82) is 0 Å². The predicted molar refractivity (Wildman–Crippen MR) is 114 cm³/mol. The summed E-state index contributed by atoms with van der Waals surface area (Å²) in [5.74, 6) is 0.678. The molecule has 0 aromatic heterocycles. The average molecular weight is 411 g/mol. The van der Waals surface area contributed by atoms with Crippen molar-refractivity contribution in [3.8, 4) is 11.5 Å². The molecule has 0 fully saturated rings. The van der Waals surface area contributed by atoms with Crippen molar-refractivity contribution in [2.75, 3.05) is 19.8 Å². The fraction of sp³-hybridized carbons (Fsp3) is 0.417. The molecule has 1 heterocycles. The van der Waals surface area contributed by atoms with Crippen LogP contribution >= 0.6 is 0 Å². The van der Waals surface area contributed by atoms with Gasteiger partial charge in [0.05, 0.1) is 6.54 Å². The molecule has 0 unspecified atom stereocenters. The molecule has 30 heavy (non-hydrogen) atoms. The highest BCUT2D eigenvalue weighted by molar-refractivity contribution is 5.76. The topological polar surface area (TPSA) is 73.9 Å². The molecular formula is C24H29NO5. The predicted octanol–water partition coefficient (Wildman–Crippen LogP) is 3.38. The van der Waals surface area contributed by atoms with E-state index in [-0.39, 0.29) is 31.3 Å².